The number of hydrogen-bond donors (Lipinski definition) is 3. The summed E-state index contributed by atoms with van der Waals surface area (Å²) in [6, 6.07) is 17.1. The van der Waals surface area contributed by atoms with Crippen LogP contribution in [0.25, 0.3) is 6.08 Å². The molecule has 34 heavy (non-hydrogen) atoms. The number of carbonyl (C=O) groups excluding carboxylic acids is 2. The summed E-state index contributed by atoms with van der Waals surface area (Å²) in [6.45, 7) is 2.34. The summed E-state index contributed by atoms with van der Waals surface area (Å²) >= 11 is 0. The lowest BCUT2D eigenvalue weighted by Gasteiger charge is -2.09. The van der Waals surface area contributed by atoms with Crippen molar-refractivity contribution in [3.8, 4) is 0 Å². The molecule has 4 rings (SSSR count). The van der Waals surface area contributed by atoms with Crippen molar-refractivity contribution in [2.24, 2.45) is 10.7 Å². The van der Waals surface area contributed by atoms with Crippen molar-refractivity contribution >= 4 is 35.1 Å². The molecule has 0 atom stereocenters. The molecule has 0 spiro atoms. The van der Waals surface area contributed by atoms with Crippen LogP contribution in [-0.2, 0) is 17.8 Å². The highest BCUT2D eigenvalue weighted by molar-refractivity contribution is 6.05. The highest BCUT2D eigenvalue weighted by atomic mass is 16.2. The van der Waals surface area contributed by atoms with Crippen molar-refractivity contribution in [1.29, 1.82) is 0 Å². The van der Waals surface area contributed by atoms with Crippen molar-refractivity contribution in [3.05, 3.63) is 94.8 Å². The number of aryl methyl sites for hydroxylation is 1. The zero-order chi connectivity index (χ0) is 23.9. The summed E-state index contributed by atoms with van der Waals surface area (Å²) in [4.78, 5) is 33.7. The lowest BCUT2D eigenvalue weighted by Crippen LogP contribution is -2.23. The summed E-state index contributed by atoms with van der Waals surface area (Å²) in [5, 5.41) is 5.77. The number of aliphatic imine (C=N–C) groups is 1. The number of carbonyl (C=O) groups is 2. The van der Waals surface area contributed by atoms with E-state index in [-0.39, 0.29) is 11.8 Å². The Morgan fingerprint density at radius 1 is 1.03 bits per heavy atom. The average Bonchev–Trinajstić information content (AvgIpc) is 2.97. The first-order valence-electron chi connectivity index (χ1n) is 11.2. The molecule has 0 bridgehead atoms. The second kappa shape index (κ2) is 10.6. The number of amides is 2. The molecule has 0 aliphatic carbocycles. The lowest BCUT2D eigenvalue weighted by atomic mass is 10.1. The van der Waals surface area contributed by atoms with Gasteiger partial charge in [0.05, 0.1) is 17.6 Å². The van der Waals surface area contributed by atoms with Gasteiger partial charge >= 0.3 is 0 Å². The van der Waals surface area contributed by atoms with Crippen LogP contribution in [0, 0.1) is 0 Å². The van der Waals surface area contributed by atoms with Crippen molar-refractivity contribution in [3.63, 3.8) is 0 Å². The summed E-state index contributed by atoms with van der Waals surface area (Å²) < 4.78 is 0. The fourth-order valence-corrected chi connectivity index (χ4v) is 3.75. The number of rotatable bonds is 7. The van der Waals surface area contributed by atoms with Gasteiger partial charge in [-0.05, 0) is 42.7 Å². The molecule has 0 radical (unpaired) electrons. The predicted octanol–water partition coefficient (Wildman–Crippen LogP) is 4.38. The smallest absolute Gasteiger partial charge is 0.255 e. The minimum absolute atomic E-state index is 0.0348. The van der Waals surface area contributed by atoms with E-state index >= 15 is 0 Å². The van der Waals surface area contributed by atoms with E-state index in [0.29, 0.717) is 48.6 Å². The van der Waals surface area contributed by atoms with Gasteiger partial charge in [-0.3, -0.25) is 14.6 Å². The molecule has 4 N–H and O–H groups in total. The van der Waals surface area contributed by atoms with Gasteiger partial charge < -0.3 is 16.4 Å². The largest absolute Gasteiger partial charge is 0.387 e. The highest BCUT2D eigenvalue weighted by Crippen LogP contribution is 2.27. The van der Waals surface area contributed by atoms with E-state index in [9.17, 15) is 9.59 Å². The Morgan fingerprint density at radius 3 is 2.68 bits per heavy atom. The van der Waals surface area contributed by atoms with E-state index in [1.165, 1.54) is 0 Å². The molecular formula is C27H27N5O2. The van der Waals surface area contributed by atoms with Gasteiger partial charge in [0.25, 0.3) is 5.91 Å². The monoisotopic (exact) mass is 453 g/mol. The molecule has 1 aromatic heterocycles. The zero-order valence-corrected chi connectivity index (χ0v) is 19.0. The van der Waals surface area contributed by atoms with E-state index in [2.05, 4.69) is 20.6 Å². The minimum atomic E-state index is -0.271. The topological polar surface area (TPSA) is 109 Å². The number of benzene rings is 2. The molecule has 3 aromatic rings. The van der Waals surface area contributed by atoms with Crippen molar-refractivity contribution in [2.75, 3.05) is 5.32 Å². The number of amidine groups is 1. The number of aromatic nitrogens is 1. The van der Waals surface area contributed by atoms with Gasteiger partial charge in [0, 0.05) is 36.7 Å². The number of nitrogens with zero attached hydrogens (tertiary/aromatic N) is 2. The molecule has 172 valence electrons. The number of pyridine rings is 1. The van der Waals surface area contributed by atoms with Crippen LogP contribution in [0.2, 0.25) is 0 Å². The van der Waals surface area contributed by atoms with Crippen molar-refractivity contribution < 1.29 is 9.59 Å². The zero-order valence-electron chi connectivity index (χ0n) is 19.0. The van der Waals surface area contributed by atoms with Gasteiger partial charge in [-0.1, -0.05) is 48.0 Å². The van der Waals surface area contributed by atoms with Crippen LogP contribution in [0.5, 0.6) is 0 Å². The molecule has 0 saturated heterocycles. The van der Waals surface area contributed by atoms with Crippen LogP contribution < -0.4 is 16.4 Å². The van der Waals surface area contributed by atoms with Crippen LogP contribution in [0.1, 0.15) is 46.8 Å². The summed E-state index contributed by atoms with van der Waals surface area (Å²) in [5.41, 5.74) is 11.6. The number of nitrogens with one attached hydrogen (secondary N) is 2. The van der Waals surface area contributed by atoms with Gasteiger partial charge in [0.2, 0.25) is 5.91 Å². The third-order valence-electron chi connectivity index (χ3n) is 5.44. The van der Waals surface area contributed by atoms with Gasteiger partial charge in [0.15, 0.2) is 0 Å². The maximum absolute atomic E-state index is 12.8. The minimum Gasteiger partial charge on any atom is -0.387 e. The predicted molar refractivity (Wildman–Crippen MR) is 135 cm³/mol. The van der Waals surface area contributed by atoms with Crippen LogP contribution in [0.15, 0.2) is 77.6 Å². The Bertz CT molecular complexity index is 1270. The summed E-state index contributed by atoms with van der Waals surface area (Å²) in [7, 11) is 0. The molecule has 0 fully saturated rings. The fraction of sp³-hybridized carbons (Fsp3) is 0.185. The number of nitrogens with two attached hydrogens (primary N) is 1. The Morgan fingerprint density at radius 2 is 1.85 bits per heavy atom. The molecule has 2 aromatic carbocycles. The summed E-state index contributed by atoms with van der Waals surface area (Å²) in [5.74, 6) is 0.215. The number of hydrogen-bond acceptors (Lipinski definition) is 5. The Balaban J connectivity index is 1.35. The quantitative estimate of drug-likeness (QED) is 0.493. The van der Waals surface area contributed by atoms with Crippen LogP contribution >= 0.6 is 0 Å². The molecule has 2 heterocycles. The molecule has 0 saturated carbocycles. The first-order chi connectivity index (χ1) is 16.5. The second-order valence-electron chi connectivity index (χ2n) is 8.34. The fourth-order valence-electron chi connectivity index (χ4n) is 3.75. The molecule has 7 nitrogen and oxygen atoms in total. The third kappa shape index (κ3) is 6.16. The Hall–Kier alpha value is -4.26. The third-order valence-corrected chi connectivity index (χ3v) is 5.44. The van der Waals surface area contributed by atoms with Gasteiger partial charge in [-0.15, -0.1) is 0 Å². The number of anilines is 1. The second-order valence-corrected chi connectivity index (χ2v) is 8.34. The van der Waals surface area contributed by atoms with Gasteiger partial charge in [0.1, 0.15) is 5.84 Å². The normalized spacial score (nSPS) is 12.6. The standard InChI is InChI=1S/C27H27N5O2/c1-18-11-21-8-9-22(14-24(21)32-25(28)12-18)27(34)31-23-13-20(15-29-17-23)16-30-26(33)10-7-19-5-3-2-4-6-19/h2-6,8-9,11,13-15,17H,7,10,12,16H2,1H3,(H2,28,32)(H,30,33)(H,31,34). The Kier molecular flexibility index (Phi) is 7.13. The molecule has 0 unspecified atom stereocenters. The van der Waals surface area contributed by atoms with Crippen molar-refractivity contribution in [1.82, 2.24) is 10.3 Å². The maximum atomic E-state index is 12.8. The van der Waals surface area contributed by atoms with Crippen molar-refractivity contribution in [2.45, 2.75) is 32.7 Å². The van der Waals surface area contributed by atoms with Gasteiger partial charge in [-0.2, -0.15) is 0 Å². The molecule has 2 amide bonds. The summed E-state index contributed by atoms with van der Waals surface area (Å²) in [6.07, 6.45) is 6.98. The molecule has 1 aliphatic heterocycles. The average molecular weight is 454 g/mol. The van der Waals surface area contributed by atoms with Crippen LogP contribution in [-0.4, -0.2) is 22.6 Å². The Labute approximate surface area is 198 Å². The molecule has 7 heteroatoms. The highest BCUT2D eigenvalue weighted by Gasteiger charge is 2.13. The van der Waals surface area contributed by atoms with Crippen LogP contribution in [0.3, 0.4) is 0 Å². The van der Waals surface area contributed by atoms with Gasteiger partial charge in [-0.25, -0.2) is 4.99 Å². The lowest BCUT2D eigenvalue weighted by molar-refractivity contribution is -0.121. The first-order valence-corrected chi connectivity index (χ1v) is 11.2. The van der Waals surface area contributed by atoms with E-state index in [1.54, 1.807) is 30.6 Å². The SMILES string of the molecule is CC1=Cc2ccc(C(=O)Nc3cncc(CNC(=O)CCc4ccccc4)c3)cc2N=C(N)C1. The first kappa shape index (κ1) is 22.9. The number of fused-ring (bicyclic) bond motifs is 1. The van der Waals surface area contributed by atoms with E-state index in [0.717, 1.165) is 22.3 Å². The molecule has 1 aliphatic rings. The molecular weight excluding hydrogens is 426 g/mol. The van der Waals surface area contributed by atoms with Crippen LogP contribution in [0.4, 0.5) is 11.4 Å². The van der Waals surface area contributed by atoms with E-state index < -0.39 is 0 Å². The van der Waals surface area contributed by atoms with E-state index in [4.69, 9.17) is 5.73 Å². The maximum Gasteiger partial charge on any atom is 0.255 e. The van der Waals surface area contributed by atoms with E-state index in [1.807, 2.05) is 49.4 Å².